The van der Waals surface area contributed by atoms with Gasteiger partial charge in [0.2, 0.25) is 6.29 Å². The van der Waals surface area contributed by atoms with E-state index in [0.717, 1.165) is 0 Å². The third-order valence-electron chi connectivity index (χ3n) is 7.86. The largest absolute Gasteiger partial charge is 0.504 e. The lowest BCUT2D eigenvalue weighted by molar-refractivity contribution is -0.183. The Labute approximate surface area is 264 Å². The molecule has 0 amide bonds. The lowest BCUT2D eigenvalue weighted by Crippen LogP contribution is -2.44. The van der Waals surface area contributed by atoms with E-state index in [1.807, 2.05) is 0 Å². The number of rotatable bonds is 13. The number of likely N-dealkylation sites (N-methyl/N-ethyl adjacent to an activating group) is 1. The number of carbonyl (C=O) groups excluding carboxylic acids is 3. The highest BCUT2D eigenvalue weighted by Gasteiger charge is 2.39. The van der Waals surface area contributed by atoms with Crippen LogP contribution < -0.4 is 0 Å². The van der Waals surface area contributed by atoms with E-state index in [4.69, 9.17) is 14.2 Å². The predicted octanol–water partition coefficient (Wildman–Crippen LogP) is 3.21. The Morgan fingerprint density at radius 2 is 1.33 bits per heavy atom. The van der Waals surface area contributed by atoms with Gasteiger partial charge >= 0.3 is 17.9 Å². The van der Waals surface area contributed by atoms with Crippen LogP contribution in [0.4, 0.5) is 0 Å². The Morgan fingerprint density at radius 3 is 1.87 bits per heavy atom. The van der Waals surface area contributed by atoms with Crippen LogP contribution in [0.15, 0.2) is 54.6 Å². The Bertz CT molecular complexity index is 1570. The second-order valence-corrected chi connectivity index (χ2v) is 11.3. The van der Waals surface area contributed by atoms with Crippen molar-refractivity contribution in [1.82, 2.24) is 4.90 Å². The molecule has 246 valence electrons. The summed E-state index contributed by atoms with van der Waals surface area (Å²) < 4.78 is 16.4. The highest BCUT2D eigenvalue weighted by atomic mass is 16.7. The first kappa shape index (κ1) is 33.7. The number of phenolic OH excluding ortho intramolecular Hbond substituents is 6. The van der Waals surface area contributed by atoms with Crippen molar-refractivity contribution in [3.63, 3.8) is 0 Å². The zero-order valence-electron chi connectivity index (χ0n) is 25.3. The SMILES string of the molecule is CCC(Cc1ccc(O)c(O)c1)C(=O)OCN(C)C(Cc1ccc(O)c(O)c1)C(=O)O[C@H]1CC(Cc2ccc(O)c(O)c2)C(=O)O1. The molecule has 4 rings (SSSR count). The van der Waals surface area contributed by atoms with E-state index in [2.05, 4.69) is 0 Å². The maximum atomic E-state index is 13.5. The fraction of sp³-hybridized carbons (Fsp3) is 0.364. The van der Waals surface area contributed by atoms with Crippen molar-refractivity contribution in [2.24, 2.45) is 11.8 Å². The lowest BCUT2D eigenvalue weighted by atomic mass is 9.97. The zero-order valence-corrected chi connectivity index (χ0v) is 25.3. The molecule has 1 fully saturated rings. The molecule has 0 aromatic heterocycles. The van der Waals surface area contributed by atoms with Crippen molar-refractivity contribution in [3.05, 3.63) is 71.3 Å². The van der Waals surface area contributed by atoms with E-state index in [0.29, 0.717) is 23.1 Å². The maximum absolute atomic E-state index is 13.5. The van der Waals surface area contributed by atoms with Gasteiger partial charge in [-0.1, -0.05) is 25.1 Å². The molecule has 0 aliphatic carbocycles. The quantitative estimate of drug-likeness (QED) is 0.0905. The molecule has 0 spiro atoms. The first-order valence-corrected chi connectivity index (χ1v) is 14.6. The minimum atomic E-state index is -1.20. The van der Waals surface area contributed by atoms with Gasteiger partial charge in [-0.05, 0) is 85.8 Å². The summed E-state index contributed by atoms with van der Waals surface area (Å²) in [5.41, 5.74) is 1.65. The van der Waals surface area contributed by atoms with E-state index < -0.39 is 47.8 Å². The van der Waals surface area contributed by atoms with Crippen LogP contribution in [0.2, 0.25) is 0 Å². The van der Waals surface area contributed by atoms with E-state index in [9.17, 15) is 45.0 Å². The number of hydrogen-bond acceptors (Lipinski definition) is 13. The van der Waals surface area contributed by atoms with Crippen LogP contribution in [0.25, 0.3) is 0 Å². The summed E-state index contributed by atoms with van der Waals surface area (Å²) in [5, 5.41) is 58.4. The molecule has 0 bridgehead atoms. The van der Waals surface area contributed by atoms with Gasteiger partial charge in [-0.25, -0.2) is 0 Å². The summed E-state index contributed by atoms with van der Waals surface area (Å²) in [7, 11) is 1.53. The first-order valence-electron chi connectivity index (χ1n) is 14.6. The van der Waals surface area contributed by atoms with E-state index in [1.165, 1.54) is 54.4 Å². The first-order chi connectivity index (χ1) is 21.8. The van der Waals surface area contributed by atoms with Gasteiger partial charge in [0.1, 0.15) is 12.8 Å². The normalized spacial score (nSPS) is 17.3. The molecule has 46 heavy (non-hydrogen) atoms. The van der Waals surface area contributed by atoms with E-state index in [-0.39, 0.29) is 61.2 Å². The van der Waals surface area contributed by atoms with Gasteiger partial charge in [0.25, 0.3) is 0 Å². The number of ether oxygens (including phenoxy) is 3. The van der Waals surface area contributed by atoms with Gasteiger partial charge in [0, 0.05) is 6.42 Å². The van der Waals surface area contributed by atoms with Gasteiger partial charge in [0.05, 0.1) is 11.8 Å². The van der Waals surface area contributed by atoms with Crippen LogP contribution in [-0.2, 0) is 47.9 Å². The average Bonchev–Trinajstić information content (AvgIpc) is 3.36. The zero-order chi connectivity index (χ0) is 33.5. The number of nitrogens with zero attached hydrogens (tertiary/aromatic N) is 1. The summed E-state index contributed by atoms with van der Waals surface area (Å²) in [6, 6.07) is 11.5. The van der Waals surface area contributed by atoms with Crippen molar-refractivity contribution in [1.29, 1.82) is 0 Å². The Kier molecular flexibility index (Phi) is 10.8. The second kappa shape index (κ2) is 14.7. The molecule has 4 atom stereocenters. The molecule has 6 N–H and O–H groups in total. The van der Waals surface area contributed by atoms with Crippen molar-refractivity contribution in [2.75, 3.05) is 13.8 Å². The smallest absolute Gasteiger partial charge is 0.326 e. The summed E-state index contributed by atoms with van der Waals surface area (Å²) in [4.78, 5) is 40.4. The van der Waals surface area contributed by atoms with E-state index in [1.54, 1.807) is 19.1 Å². The molecule has 3 unspecified atom stereocenters. The van der Waals surface area contributed by atoms with Crippen LogP contribution >= 0.6 is 0 Å². The summed E-state index contributed by atoms with van der Waals surface area (Å²) in [6.07, 6.45) is -0.350. The third-order valence-corrected chi connectivity index (χ3v) is 7.86. The number of hydrogen-bond donors (Lipinski definition) is 6. The fourth-order valence-corrected chi connectivity index (χ4v) is 5.12. The van der Waals surface area contributed by atoms with Crippen LogP contribution in [0, 0.1) is 11.8 Å². The van der Waals surface area contributed by atoms with Crippen LogP contribution in [-0.4, -0.2) is 79.6 Å². The van der Waals surface area contributed by atoms with Gasteiger partial charge in [0.15, 0.2) is 34.5 Å². The molecular weight excluding hydrogens is 602 g/mol. The third kappa shape index (κ3) is 8.51. The molecule has 0 saturated carbocycles. The van der Waals surface area contributed by atoms with Gasteiger partial charge < -0.3 is 44.8 Å². The second-order valence-electron chi connectivity index (χ2n) is 11.3. The van der Waals surface area contributed by atoms with Gasteiger partial charge in [-0.15, -0.1) is 0 Å². The molecule has 13 nitrogen and oxygen atoms in total. The molecular formula is C33H37NO12. The highest BCUT2D eigenvalue weighted by Crippen LogP contribution is 2.31. The number of cyclic esters (lactones) is 1. The minimum absolute atomic E-state index is 0.0262. The minimum Gasteiger partial charge on any atom is -0.504 e. The summed E-state index contributed by atoms with van der Waals surface area (Å²) in [6.45, 7) is 1.48. The number of esters is 3. The molecule has 1 aliphatic heterocycles. The van der Waals surface area contributed by atoms with Crippen LogP contribution in [0.3, 0.4) is 0 Å². The van der Waals surface area contributed by atoms with Crippen molar-refractivity contribution in [3.8, 4) is 34.5 Å². The fourth-order valence-electron chi connectivity index (χ4n) is 5.12. The maximum Gasteiger partial charge on any atom is 0.326 e. The van der Waals surface area contributed by atoms with E-state index >= 15 is 0 Å². The molecule has 13 heteroatoms. The molecule has 1 aliphatic rings. The molecule has 1 saturated heterocycles. The molecule has 0 radical (unpaired) electrons. The van der Waals surface area contributed by atoms with Crippen molar-refractivity contribution >= 4 is 17.9 Å². The monoisotopic (exact) mass is 639 g/mol. The number of benzene rings is 3. The standard InChI is InChI=1S/C33H37NO12/c1-3-21(10-18-4-7-24(35)27(38)13-18)31(41)44-17-34(2)23(12-20-6-9-26(37)29(40)15-20)33(43)46-30-16-22(32(42)45-30)11-19-5-8-25(36)28(39)14-19/h4-9,13-15,21-23,30,35-40H,3,10-12,16-17H2,1-2H3/t21?,22?,23?,30-/m0/s1. The summed E-state index contributed by atoms with van der Waals surface area (Å²) >= 11 is 0. The average molecular weight is 640 g/mol. The Balaban J connectivity index is 1.42. The van der Waals surface area contributed by atoms with Crippen LogP contribution in [0.5, 0.6) is 34.5 Å². The molecule has 3 aromatic carbocycles. The predicted molar refractivity (Wildman–Crippen MR) is 161 cm³/mol. The lowest BCUT2D eigenvalue weighted by Gasteiger charge is -2.27. The van der Waals surface area contributed by atoms with Crippen molar-refractivity contribution < 1.29 is 59.2 Å². The van der Waals surface area contributed by atoms with Crippen molar-refractivity contribution in [2.45, 2.75) is 51.4 Å². The molecule has 3 aromatic rings. The van der Waals surface area contributed by atoms with Crippen LogP contribution in [0.1, 0.15) is 36.5 Å². The number of carbonyl (C=O) groups is 3. The molecule has 1 heterocycles. The van der Waals surface area contributed by atoms with Gasteiger partial charge in [-0.2, -0.15) is 0 Å². The number of aromatic hydroxyl groups is 6. The topological polar surface area (TPSA) is 204 Å². The summed E-state index contributed by atoms with van der Waals surface area (Å²) in [5.74, 6) is -5.14. The Hall–Kier alpha value is -5.17. The van der Waals surface area contributed by atoms with Gasteiger partial charge in [-0.3, -0.25) is 19.3 Å². The Morgan fingerprint density at radius 1 is 0.804 bits per heavy atom. The number of phenols is 6. The highest BCUT2D eigenvalue weighted by molar-refractivity contribution is 5.78.